The van der Waals surface area contributed by atoms with Gasteiger partial charge in [0.2, 0.25) is 0 Å². The lowest BCUT2D eigenvalue weighted by Gasteiger charge is -2.21. The Balaban J connectivity index is -0.000000244. The number of Topliss-reactive ketones (excluding diaryl/α,β-unsaturated/α-hetero) is 1. The van der Waals surface area contributed by atoms with Crippen LogP contribution in [0.2, 0.25) is 0 Å². The van der Waals surface area contributed by atoms with Gasteiger partial charge in [-0.15, -0.1) is 0 Å². The van der Waals surface area contributed by atoms with Crippen molar-refractivity contribution in [1.82, 2.24) is 0 Å². The van der Waals surface area contributed by atoms with Crippen LogP contribution in [0, 0.1) is 29.6 Å². The molecule has 0 aliphatic carbocycles. The van der Waals surface area contributed by atoms with Crippen LogP contribution in [0.15, 0.2) is 24.3 Å². The number of aliphatic hydroxyl groups excluding tert-OH is 1. The molecule has 1 aromatic carbocycles. The molecule has 0 aliphatic heterocycles. The monoisotopic (exact) mass is 627 g/mol. The largest absolute Gasteiger partial charge is 0.478 e. The van der Waals surface area contributed by atoms with Crippen molar-refractivity contribution in [3.8, 4) is 0 Å². The van der Waals surface area contributed by atoms with Gasteiger partial charge in [-0.2, -0.15) is 0 Å². The lowest BCUT2D eigenvalue weighted by atomic mass is 9.92. The zero-order valence-electron chi connectivity index (χ0n) is 29.1. The van der Waals surface area contributed by atoms with E-state index in [4.69, 9.17) is 15.6 Å². The van der Waals surface area contributed by atoms with Gasteiger partial charge in [-0.1, -0.05) is 94.9 Å². The second kappa shape index (κ2) is 25.5. The summed E-state index contributed by atoms with van der Waals surface area (Å²) in [6, 6.07) is 6.85. The summed E-state index contributed by atoms with van der Waals surface area (Å²) in [5, 5.41) is 18.3. The molecule has 0 heterocycles. The predicted molar refractivity (Wildman–Crippen MR) is 180 cm³/mol. The highest BCUT2D eigenvalue weighted by atomic mass is 16.6. The molecule has 0 radical (unpaired) electrons. The first-order chi connectivity index (χ1) is 19.6. The minimum atomic E-state index is -0.998. The molecule has 0 aliphatic rings. The molecule has 44 heavy (non-hydrogen) atoms. The van der Waals surface area contributed by atoms with Crippen LogP contribution in [0.25, 0.3) is 0 Å². The first-order valence-electron chi connectivity index (χ1n) is 15.2. The van der Waals surface area contributed by atoms with Crippen molar-refractivity contribution < 1.29 is 38.9 Å². The van der Waals surface area contributed by atoms with Crippen LogP contribution < -0.4 is 5.73 Å². The zero-order chi connectivity index (χ0) is 34.6. The molecule has 0 saturated heterocycles. The third-order valence-electron chi connectivity index (χ3n) is 6.78. The molecule has 0 spiro atoms. The van der Waals surface area contributed by atoms with Crippen molar-refractivity contribution >= 4 is 23.7 Å². The highest BCUT2D eigenvalue weighted by molar-refractivity contribution is 5.89. The number of carbonyl (C=O) groups is 4. The summed E-state index contributed by atoms with van der Waals surface area (Å²) in [6.45, 7) is 24.8. The number of ether oxygens (including phenoxy) is 2. The van der Waals surface area contributed by atoms with E-state index in [-0.39, 0.29) is 55.0 Å². The SMILES string of the molecule is C.CC(=O)C(N)CC(C)C.CC(C)OC(=O)C(O)C(C)C(C)C.CC(C)c1ccccc1C(=O)O.COC(=O)C(C)C(C)C. The van der Waals surface area contributed by atoms with Crippen molar-refractivity contribution in [2.45, 2.75) is 128 Å². The zero-order valence-corrected chi connectivity index (χ0v) is 29.1. The number of nitrogens with two attached hydrogens (primary N) is 1. The fraction of sp³-hybridized carbons (Fsp3) is 0.714. The molecule has 4 N–H and O–H groups in total. The molecule has 0 bridgehead atoms. The van der Waals surface area contributed by atoms with Crippen LogP contribution in [0.1, 0.15) is 126 Å². The molecule has 1 rings (SSSR count). The number of aliphatic hydroxyl groups is 1. The summed E-state index contributed by atoms with van der Waals surface area (Å²) in [6.07, 6.45) is -0.362. The van der Waals surface area contributed by atoms with Crippen molar-refractivity contribution in [1.29, 1.82) is 0 Å². The van der Waals surface area contributed by atoms with E-state index >= 15 is 0 Å². The van der Waals surface area contributed by atoms with Gasteiger partial charge < -0.3 is 25.4 Å². The summed E-state index contributed by atoms with van der Waals surface area (Å²) in [7, 11) is 1.42. The van der Waals surface area contributed by atoms with Crippen LogP contribution >= 0.6 is 0 Å². The molecule has 9 heteroatoms. The first-order valence-corrected chi connectivity index (χ1v) is 15.2. The predicted octanol–water partition coefficient (Wildman–Crippen LogP) is 7.14. The van der Waals surface area contributed by atoms with E-state index in [0.717, 1.165) is 12.0 Å². The Kier molecular flexibility index (Phi) is 27.9. The second-order valence-corrected chi connectivity index (χ2v) is 12.5. The number of hydrogen-bond donors (Lipinski definition) is 3. The van der Waals surface area contributed by atoms with Crippen molar-refractivity contribution in [2.75, 3.05) is 7.11 Å². The Morgan fingerprint density at radius 1 is 0.818 bits per heavy atom. The third-order valence-corrected chi connectivity index (χ3v) is 6.78. The van der Waals surface area contributed by atoms with E-state index in [9.17, 15) is 24.3 Å². The fourth-order valence-electron chi connectivity index (χ4n) is 3.21. The summed E-state index contributed by atoms with van der Waals surface area (Å²) >= 11 is 0. The number of rotatable bonds is 11. The van der Waals surface area contributed by atoms with E-state index < -0.39 is 18.0 Å². The van der Waals surface area contributed by atoms with E-state index in [1.807, 2.05) is 67.5 Å². The molecule has 0 fully saturated rings. The van der Waals surface area contributed by atoms with Gasteiger partial charge in [-0.25, -0.2) is 9.59 Å². The number of methoxy groups -OCH3 is 1. The summed E-state index contributed by atoms with van der Waals surface area (Å²) < 4.78 is 9.43. The topological polar surface area (TPSA) is 153 Å². The number of carbonyl (C=O) groups excluding carboxylic acids is 3. The molecule has 4 atom stereocenters. The number of hydrogen-bond acceptors (Lipinski definition) is 8. The standard InChI is InChI=1S/C10H20O3.C10H12O2.C7H15NO.C7H14O2.CH4/c1-6(2)8(5)9(11)10(12)13-7(3)4;1-7(2)8-5-3-4-6-9(8)10(11)12;1-5(2)4-7(8)6(3)9;1-5(2)6(3)7(8)9-4;/h6-9,11H,1-5H3;3-7H,1-2H3,(H,11,12);5,7H,4,8H2,1-3H3;5-6H,1-4H3;1H4. The number of aromatic carboxylic acids is 1. The van der Waals surface area contributed by atoms with E-state index in [2.05, 4.69) is 18.6 Å². The van der Waals surface area contributed by atoms with Crippen LogP contribution in [0.5, 0.6) is 0 Å². The van der Waals surface area contributed by atoms with Gasteiger partial charge in [-0.3, -0.25) is 9.59 Å². The van der Waals surface area contributed by atoms with Gasteiger partial charge in [0.1, 0.15) is 5.78 Å². The molecular formula is C35H65NO8. The van der Waals surface area contributed by atoms with Gasteiger partial charge in [0.05, 0.1) is 30.7 Å². The van der Waals surface area contributed by atoms with Gasteiger partial charge in [-0.05, 0) is 68.4 Å². The number of benzene rings is 1. The number of carboxylic acid groups (broad SMARTS) is 1. The maximum atomic E-state index is 11.2. The minimum absolute atomic E-state index is 0. The summed E-state index contributed by atoms with van der Waals surface area (Å²) in [4.78, 5) is 43.2. The molecule has 4 unspecified atom stereocenters. The maximum Gasteiger partial charge on any atom is 0.335 e. The number of ketones is 1. The van der Waals surface area contributed by atoms with Gasteiger partial charge in [0.15, 0.2) is 6.10 Å². The van der Waals surface area contributed by atoms with Crippen molar-refractivity contribution in [2.24, 2.45) is 35.3 Å². The highest BCUT2D eigenvalue weighted by Crippen LogP contribution is 2.19. The van der Waals surface area contributed by atoms with Crippen LogP contribution in [0.3, 0.4) is 0 Å². The fourth-order valence-corrected chi connectivity index (χ4v) is 3.21. The minimum Gasteiger partial charge on any atom is -0.478 e. The average molecular weight is 628 g/mol. The first kappa shape index (κ1) is 48.1. The summed E-state index contributed by atoms with van der Waals surface area (Å²) in [5.41, 5.74) is 6.77. The van der Waals surface area contributed by atoms with Crippen molar-refractivity contribution in [3.05, 3.63) is 35.4 Å². The Labute approximate surface area is 268 Å². The molecular weight excluding hydrogens is 562 g/mol. The maximum absolute atomic E-state index is 11.2. The summed E-state index contributed by atoms with van der Waals surface area (Å²) in [5.74, 6) is -0.0150. The lowest BCUT2D eigenvalue weighted by molar-refractivity contribution is -0.161. The van der Waals surface area contributed by atoms with E-state index in [0.29, 0.717) is 17.4 Å². The van der Waals surface area contributed by atoms with Crippen LogP contribution in [0.4, 0.5) is 0 Å². The number of esters is 2. The normalized spacial score (nSPS) is 13.1. The van der Waals surface area contributed by atoms with Gasteiger partial charge in [0.25, 0.3) is 0 Å². The molecule has 0 aromatic heterocycles. The molecule has 0 saturated carbocycles. The van der Waals surface area contributed by atoms with Gasteiger partial charge in [0, 0.05) is 0 Å². The third kappa shape index (κ3) is 22.7. The molecule has 0 amide bonds. The van der Waals surface area contributed by atoms with E-state index in [1.165, 1.54) is 14.0 Å². The molecule has 9 nitrogen and oxygen atoms in total. The second-order valence-electron chi connectivity index (χ2n) is 12.5. The lowest BCUT2D eigenvalue weighted by Crippen LogP contribution is -2.33. The van der Waals surface area contributed by atoms with E-state index in [1.54, 1.807) is 26.0 Å². The molecule has 1 aromatic rings. The number of carboxylic acids is 1. The molecule has 258 valence electrons. The van der Waals surface area contributed by atoms with Crippen molar-refractivity contribution in [3.63, 3.8) is 0 Å². The Morgan fingerprint density at radius 3 is 1.55 bits per heavy atom. The Bertz CT molecular complexity index is 940. The average Bonchev–Trinajstić information content (AvgIpc) is 2.91. The van der Waals surface area contributed by atoms with Crippen LogP contribution in [-0.4, -0.2) is 59.3 Å². The quantitative estimate of drug-likeness (QED) is 0.217. The Morgan fingerprint density at radius 2 is 1.30 bits per heavy atom. The van der Waals surface area contributed by atoms with Crippen LogP contribution in [-0.2, 0) is 23.9 Å². The van der Waals surface area contributed by atoms with Gasteiger partial charge >= 0.3 is 17.9 Å². The highest BCUT2D eigenvalue weighted by Gasteiger charge is 2.26. The Hall–Kier alpha value is -2.78. The smallest absolute Gasteiger partial charge is 0.335 e.